The van der Waals surface area contributed by atoms with Crippen LogP contribution >= 0.6 is 11.6 Å². The van der Waals surface area contributed by atoms with Crippen LogP contribution in [0.3, 0.4) is 0 Å². The van der Waals surface area contributed by atoms with Crippen molar-refractivity contribution in [3.63, 3.8) is 0 Å². The number of rotatable bonds is 3. The number of aromatic nitrogens is 3. The summed E-state index contributed by atoms with van der Waals surface area (Å²) in [6.07, 6.45) is 3.53. The Bertz CT molecular complexity index is 841. The monoisotopic (exact) mass is 338 g/mol. The highest BCUT2D eigenvalue weighted by Crippen LogP contribution is 2.39. The van der Waals surface area contributed by atoms with Crippen molar-refractivity contribution in [3.8, 4) is 0 Å². The van der Waals surface area contributed by atoms with E-state index in [1.807, 2.05) is 22.9 Å². The number of hydrogen-bond acceptors (Lipinski definition) is 3. The van der Waals surface area contributed by atoms with Gasteiger partial charge in [0, 0.05) is 5.02 Å². The lowest BCUT2D eigenvalue weighted by Crippen LogP contribution is -2.28. The zero-order valence-corrected chi connectivity index (χ0v) is 14.2. The average molecular weight is 339 g/mol. The van der Waals surface area contributed by atoms with Crippen LogP contribution < -0.4 is 5.32 Å². The zero-order valence-electron chi connectivity index (χ0n) is 13.5. The van der Waals surface area contributed by atoms with E-state index >= 15 is 0 Å². The summed E-state index contributed by atoms with van der Waals surface area (Å²) in [5.74, 6) is 0.788. The quantitative estimate of drug-likeness (QED) is 0.756. The van der Waals surface area contributed by atoms with Crippen LogP contribution in [0.5, 0.6) is 0 Å². The minimum Gasteiger partial charge on any atom is -0.347 e. The van der Waals surface area contributed by atoms with Crippen molar-refractivity contribution in [1.29, 1.82) is 0 Å². The predicted molar refractivity (Wildman–Crippen MR) is 96.4 cm³/mol. The van der Waals surface area contributed by atoms with Crippen molar-refractivity contribution in [2.75, 3.05) is 5.32 Å². The van der Waals surface area contributed by atoms with Crippen molar-refractivity contribution in [1.82, 2.24) is 14.8 Å². The molecule has 122 valence electrons. The summed E-state index contributed by atoms with van der Waals surface area (Å²) < 4.78 is 1.97. The Morgan fingerprint density at radius 3 is 2.71 bits per heavy atom. The molecule has 2 atom stereocenters. The summed E-state index contributed by atoms with van der Waals surface area (Å²) in [6.45, 7) is 2.17. The smallest absolute Gasteiger partial charge is 0.222 e. The van der Waals surface area contributed by atoms with Crippen LogP contribution in [0.15, 0.2) is 54.9 Å². The molecule has 4 nitrogen and oxygen atoms in total. The highest BCUT2D eigenvalue weighted by molar-refractivity contribution is 6.31. The number of nitrogens with one attached hydrogen (secondary N) is 1. The Morgan fingerprint density at radius 1 is 1.17 bits per heavy atom. The van der Waals surface area contributed by atoms with Gasteiger partial charge in [0.2, 0.25) is 5.95 Å². The molecular formula is C19H19ClN4. The number of hydrogen-bond donors (Lipinski definition) is 1. The first-order valence-electron chi connectivity index (χ1n) is 8.25. The van der Waals surface area contributed by atoms with E-state index in [9.17, 15) is 0 Å². The molecule has 0 aliphatic carbocycles. The summed E-state index contributed by atoms with van der Waals surface area (Å²) in [6, 6.07) is 17.0. The molecule has 0 radical (unpaired) electrons. The maximum Gasteiger partial charge on any atom is 0.222 e. The number of fused-ring (bicyclic) bond motifs is 1. The van der Waals surface area contributed by atoms with Crippen molar-refractivity contribution in [3.05, 3.63) is 76.6 Å². The number of benzene rings is 2. The van der Waals surface area contributed by atoms with E-state index in [4.69, 9.17) is 11.6 Å². The molecule has 2 aromatic carbocycles. The lowest BCUT2D eigenvalue weighted by molar-refractivity contribution is 0.431. The fourth-order valence-electron chi connectivity index (χ4n) is 3.33. The maximum atomic E-state index is 6.41. The molecule has 1 aliphatic heterocycles. The van der Waals surface area contributed by atoms with Gasteiger partial charge >= 0.3 is 0 Å². The number of nitrogens with zero attached hydrogens (tertiary/aromatic N) is 3. The molecule has 24 heavy (non-hydrogen) atoms. The van der Waals surface area contributed by atoms with E-state index in [0.717, 1.165) is 29.4 Å². The Morgan fingerprint density at radius 2 is 1.96 bits per heavy atom. The van der Waals surface area contributed by atoms with E-state index in [1.165, 1.54) is 11.1 Å². The van der Waals surface area contributed by atoms with Crippen LogP contribution in [0, 0.1) is 0 Å². The van der Waals surface area contributed by atoms with Gasteiger partial charge in [-0.1, -0.05) is 61.0 Å². The Labute approximate surface area is 146 Å². The predicted octanol–water partition coefficient (Wildman–Crippen LogP) is 4.64. The van der Waals surface area contributed by atoms with Gasteiger partial charge in [-0.25, -0.2) is 4.68 Å². The van der Waals surface area contributed by atoms with Gasteiger partial charge in [0.1, 0.15) is 6.33 Å². The van der Waals surface area contributed by atoms with Gasteiger partial charge in [0.25, 0.3) is 0 Å². The minimum atomic E-state index is 0.117. The molecule has 0 saturated carbocycles. The molecule has 5 heteroatoms. The van der Waals surface area contributed by atoms with Crippen molar-refractivity contribution in [2.24, 2.45) is 0 Å². The summed E-state index contributed by atoms with van der Waals surface area (Å²) >= 11 is 6.41. The van der Waals surface area contributed by atoms with Crippen LogP contribution in [0.4, 0.5) is 5.95 Å². The molecule has 1 aliphatic rings. The third-order valence-electron chi connectivity index (χ3n) is 4.68. The highest BCUT2D eigenvalue weighted by atomic mass is 35.5. The topological polar surface area (TPSA) is 42.7 Å². The largest absolute Gasteiger partial charge is 0.347 e. The van der Waals surface area contributed by atoms with E-state index < -0.39 is 0 Å². The van der Waals surface area contributed by atoms with E-state index in [2.05, 4.69) is 52.7 Å². The van der Waals surface area contributed by atoms with Crippen LogP contribution in [-0.2, 0) is 6.42 Å². The summed E-state index contributed by atoms with van der Waals surface area (Å²) in [5, 5.41) is 8.66. The van der Waals surface area contributed by atoms with Gasteiger partial charge in [-0.3, -0.25) is 0 Å². The second kappa shape index (κ2) is 6.29. The van der Waals surface area contributed by atoms with Crippen LogP contribution in [0.1, 0.15) is 42.1 Å². The molecule has 0 fully saturated rings. The molecule has 0 bridgehead atoms. The Balaban J connectivity index is 1.72. The fraction of sp³-hybridized carbons (Fsp3) is 0.263. The van der Waals surface area contributed by atoms with Gasteiger partial charge in [0.15, 0.2) is 0 Å². The Hall–Kier alpha value is -2.33. The molecule has 0 unspecified atom stereocenters. The van der Waals surface area contributed by atoms with Gasteiger partial charge in [-0.05, 0) is 35.6 Å². The van der Waals surface area contributed by atoms with Gasteiger partial charge in [0.05, 0.1) is 12.1 Å². The van der Waals surface area contributed by atoms with Crippen LogP contribution in [-0.4, -0.2) is 14.8 Å². The third-order valence-corrected chi connectivity index (χ3v) is 5.03. The molecule has 0 amide bonds. The zero-order chi connectivity index (χ0) is 16.5. The van der Waals surface area contributed by atoms with Crippen molar-refractivity contribution < 1.29 is 0 Å². The first kappa shape index (κ1) is 15.2. The van der Waals surface area contributed by atoms with Gasteiger partial charge in [-0.15, -0.1) is 0 Å². The van der Waals surface area contributed by atoms with E-state index in [0.29, 0.717) is 0 Å². The lowest BCUT2D eigenvalue weighted by Gasteiger charge is -2.32. The first-order chi connectivity index (χ1) is 11.8. The van der Waals surface area contributed by atoms with E-state index in [-0.39, 0.29) is 12.1 Å². The van der Waals surface area contributed by atoms with Crippen molar-refractivity contribution >= 4 is 17.5 Å². The molecule has 1 N–H and O–H groups in total. The second-order valence-electron chi connectivity index (χ2n) is 6.09. The lowest BCUT2D eigenvalue weighted by atomic mass is 9.93. The molecule has 4 rings (SSSR count). The fourth-order valence-corrected chi connectivity index (χ4v) is 3.60. The summed E-state index contributed by atoms with van der Waals surface area (Å²) in [7, 11) is 0. The average Bonchev–Trinajstić information content (AvgIpc) is 3.10. The molecule has 2 heterocycles. The van der Waals surface area contributed by atoms with E-state index in [1.54, 1.807) is 6.33 Å². The SMILES string of the molecule is CCc1ccc([C@@H]2C[C@H](c3ccccc3Cl)Nc3ncnn32)cc1. The van der Waals surface area contributed by atoms with Crippen LogP contribution in [0.25, 0.3) is 0 Å². The molecule has 0 spiro atoms. The number of anilines is 1. The normalized spacial score (nSPS) is 19.6. The number of halogens is 1. The first-order valence-corrected chi connectivity index (χ1v) is 8.63. The van der Waals surface area contributed by atoms with Crippen LogP contribution in [0.2, 0.25) is 5.02 Å². The molecule has 3 aromatic rings. The van der Waals surface area contributed by atoms with Crippen molar-refractivity contribution in [2.45, 2.75) is 31.8 Å². The third kappa shape index (κ3) is 2.67. The molecule has 0 saturated heterocycles. The second-order valence-corrected chi connectivity index (χ2v) is 6.50. The Kier molecular flexibility index (Phi) is 3.98. The minimum absolute atomic E-state index is 0.117. The maximum absolute atomic E-state index is 6.41. The molecular weight excluding hydrogens is 320 g/mol. The standard InChI is InChI=1S/C19H19ClN4/c1-2-13-7-9-14(10-8-13)18-11-17(15-5-3-4-6-16(15)20)23-19-21-12-22-24(18)19/h3-10,12,17-18H,2,11H2,1H3,(H,21,22,23)/t17-,18+/m1/s1. The van der Waals surface area contributed by atoms with Gasteiger partial charge in [-0.2, -0.15) is 10.1 Å². The summed E-state index contributed by atoms with van der Waals surface area (Å²) in [5.41, 5.74) is 3.69. The number of aryl methyl sites for hydroxylation is 1. The molecule has 1 aromatic heterocycles. The van der Waals surface area contributed by atoms with Gasteiger partial charge < -0.3 is 5.32 Å². The summed E-state index contributed by atoms with van der Waals surface area (Å²) in [4.78, 5) is 4.37. The highest BCUT2D eigenvalue weighted by Gasteiger charge is 2.30.